The summed E-state index contributed by atoms with van der Waals surface area (Å²) in [5, 5.41) is 3.11. The number of hydrogen-bond acceptors (Lipinski definition) is 2. The van der Waals surface area contributed by atoms with E-state index in [1.165, 1.54) is 0 Å². The van der Waals surface area contributed by atoms with Crippen LogP contribution in [0.3, 0.4) is 0 Å². The van der Waals surface area contributed by atoms with Gasteiger partial charge in [0.1, 0.15) is 0 Å². The highest BCUT2D eigenvalue weighted by Gasteiger charge is 2.42. The smallest absolute Gasteiger partial charge is 0.238 e. The first-order chi connectivity index (χ1) is 15.6. The lowest BCUT2D eigenvalue weighted by molar-refractivity contribution is -0.119. The predicted octanol–water partition coefficient (Wildman–Crippen LogP) is 7.47. The molecule has 33 heavy (non-hydrogen) atoms. The van der Waals surface area contributed by atoms with Gasteiger partial charge in [-0.05, 0) is 43.0 Å². The Morgan fingerprint density at radius 1 is 0.818 bits per heavy atom. The van der Waals surface area contributed by atoms with Crippen LogP contribution in [-0.4, -0.2) is 16.0 Å². The molecule has 3 aromatic carbocycles. The van der Waals surface area contributed by atoms with Crippen LogP contribution in [-0.2, 0) is 10.2 Å². The minimum Gasteiger partial charge on any atom is -0.325 e. The molecule has 1 aliphatic rings. The average Bonchev–Trinajstić information content (AvgIpc) is 3.10. The lowest BCUT2D eigenvalue weighted by atomic mass is 9.83. The van der Waals surface area contributed by atoms with Crippen LogP contribution in [0.25, 0.3) is 5.57 Å². The molecule has 1 amide bonds. The molecule has 6 heteroatoms. The first kappa shape index (κ1) is 25.0. The summed E-state index contributed by atoms with van der Waals surface area (Å²) in [4.78, 5) is 26.6. The van der Waals surface area contributed by atoms with Crippen LogP contribution in [0.5, 0.6) is 0 Å². The highest BCUT2D eigenvalue weighted by Crippen LogP contribution is 2.42. The van der Waals surface area contributed by atoms with Crippen molar-refractivity contribution in [2.75, 3.05) is 5.32 Å². The molecule has 0 aliphatic heterocycles. The molecule has 3 nitrogen and oxygen atoms in total. The van der Waals surface area contributed by atoms with Crippen LogP contribution < -0.4 is 5.32 Å². The number of ketones is 1. The monoisotopic (exact) mass is 499 g/mol. The molecule has 0 unspecified atom stereocenters. The maximum absolute atomic E-state index is 13.4. The Bertz CT molecular complexity index is 1180. The second kappa shape index (κ2) is 10.6. The summed E-state index contributed by atoms with van der Waals surface area (Å²) in [6.45, 7) is 5.83. The fourth-order valence-electron chi connectivity index (χ4n) is 3.99. The summed E-state index contributed by atoms with van der Waals surface area (Å²) in [6.07, 6.45) is 1.82. The molecule has 1 aliphatic carbocycles. The van der Waals surface area contributed by atoms with E-state index in [4.69, 9.17) is 34.8 Å². The van der Waals surface area contributed by atoms with Gasteiger partial charge in [-0.2, -0.15) is 0 Å². The highest BCUT2D eigenvalue weighted by molar-refractivity contribution is 6.63. The first-order valence-corrected chi connectivity index (χ1v) is 11.7. The molecular formula is C27H24Cl3NO2. The Labute approximate surface area is 209 Å². The molecule has 170 valence electrons. The summed E-state index contributed by atoms with van der Waals surface area (Å²) < 4.78 is -0.750. The summed E-state index contributed by atoms with van der Waals surface area (Å²) >= 11 is 14.4. The minimum atomic E-state index is -0.926. The molecule has 1 N–H and O–H groups in total. The SMILES string of the molecule is Cc1cccc(C)c1NC(=O)[C@@]1(C)C=C(C(=O)c2ccccc2)c2ccccc21.ClC(Cl)Cl. The Kier molecular flexibility index (Phi) is 8.01. The standard InChI is InChI=1S/C26H23NO2.CHCl3/c1-17-10-9-11-18(2)23(17)27-25(29)26(3)16-21(20-14-7-8-15-22(20)26)24(28)19-12-5-4-6-13-19;2-1(3)4/h4-16H,1-3H3,(H,27,29);1H/t26-;/m0./s1. The van der Waals surface area contributed by atoms with Gasteiger partial charge in [-0.3, -0.25) is 9.59 Å². The average molecular weight is 501 g/mol. The van der Waals surface area contributed by atoms with Crippen LogP contribution >= 0.6 is 34.8 Å². The van der Waals surface area contributed by atoms with Crippen molar-refractivity contribution in [1.82, 2.24) is 0 Å². The number of Topliss-reactive ketones (excluding diaryl/α,β-unsaturated/α-hetero) is 1. The summed E-state index contributed by atoms with van der Waals surface area (Å²) in [7, 11) is 0. The maximum Gasteiger partial charge on any atom is 0.238 e. The van der Waals surface area contributed by atoms with Crippen molar-refractivity contribution in [3.8, 4) is 0 Å². The van der Waals surface area contributed by atoms with Gasteiger partial charge in [-0.15, -0.1) is 0 Å². The molecule has 1 atom stereocenters. The second-order valence-electron chi connectivity index (χ2n) is 7.97. The van der Waals surface area contributed by atoms with E-state index in [2.05, 4.69) is 5.32 Å². The van der Waals surface area contributed by atoms with E-state index >= 15 is 0 Å². The number of carbonyl (C=O) groups is 2. The number of hydrogen-bond donors (Lipinski definition) is 1. The molecule has 0 aromatic heterocycles. The van der Waals surface area contributed by atoms with Crippen molar-refractivity contribution in [1.29, 1.82) is 0 Å². The number of fused-ring (bicyclic) bond motifs is 1. The number of aryl methyl sites for hydroxylation is 2. The second-order valence-corrected chi connectivity index (χ2v) is 9.95. The minimum absolute atomic E-state index is 0.0679. The molecule has 0 radical (unpaired) electrons. The van der Waals surface area contributed by atoms with Crippen molar-refractivity contribution in [2.45, 2.75) is 30.5 Å². The summed E-state index contributed by atoms with van der Waals surface area (Å²) in [6, 6.07) is 22.8. The van der Waals surface area contributed by atoms with E-state index in [1.54, 1.807) is 12.1 Å². The number of halogens is 3. The third-order valence-electron chi connectivity index (χ3n) is 5.68. The third-order valence-corrected chi connectivity index (χ3v) is 5.68. The van der Waals surface area contributed by atoms with E-state index in [-0.39, 0.29) is 11.7 Å². The fraction of sp³-hybridized carbons (Fsp3) is 0.185. The van der Waals surface area contributed by atoms with Gasteiger partial charge in [-0.25, -0.2) is 0 Å². The van der Waals surface area contributed by atoms with E-state index in [1.807, 2.05) is 87.5 Å². The molecule has 0 bridgehead atoms. The van der Waals surface area contributed by atoms with Crippen molar-refractivity contribution in [3.63, 3.8) is 0 Å². The Morgan fingerprint density at radius 2 is 1.36 bits per heavy atom. The number of nitrogens with one attached hydrogen (secondary N) is 1. The number of carbonyl (C=O) groups excluding carboxylic acids is 2. The largest absolute Gasteiger partial charge is 0.325 e. The van der Waals surface area contributed by atoms with Gasteiger partial charge in [0, 0.05) is 16.8 Å². The molecule has 0 saturated heterocycles. The van der Waals surface area contributed by atoms with Crippen LogP contribution in [0.2, 0.25) is 0 Å². The van der Waals surface area contributed by atoms with Gasteiger partial charge in [0.2, 0.25) is 5.91 Å². The number of anilines is 1. The van der Waals surface area contributed by atoms with Gasteiger partial charge in [0.15, 0.2) is 10.1 Å². The van der Waals surface area contributed by atoms with Crippen LogP contribution in [0.4, 0.5) is 5.69 Å². The van der Waals surface area contributed by atoms with Crippen molar-refractivity contribution in [2.24, 2.45) is 0 Å². The highest BCUT2D eigenvalue weighted by atomic mass is 35.6. The number of alkyl halides is 3. The predicted molar refractivity (Wildman–Crippen MR) is 138 cm³/mol. The zero-order chi connectivity index (χ0) is 24.2. The zero-order valence-electron chi connectivity index (χ0n) is 18.5. The number of allylic oxidation sites excluding steroid dienone is 1. The molecule has 0 fully saturated rings. The summed E-state index contributed by atoms with van der Waals surface area (Å²) in [5.74, 6) is -0.208. The molecule has 4 rings (SSSR count). The van der Waals surface area contributed by atoms with Gasteiger partial charge in [-0.1, -0.05) is 114 Å². The number of amides is 1. The van der Waals surface area contributed by atoms with Gasteiger partial charge in [0.05, 0.1) is 5.41 Å². The number of rotatable bonds is 4. The van der Waals surface area contributed by atoms with Crippen LogP contribution in [0.15, 0.2) is 78.9 Å². The quantitative estimate of drug-likeness (QED) is 0.298. The molecule has 0 spiro atoms. The van der Waals surface area contributed by atoms with E-state index in [9.17, 15) is 9.59 Å². The Balaban J connectivity index is 0.000000709. The first-order valence-electron chi connectivity index (χ1n) is 10.4. The lowest BCUT2D eigenvalue weighted by Crippen LogP contribution is -2.35. The Hall–Kier alpha value is -2.59. The lowest BCUT2D eigenvalue weighted by Gasteiger charge is -2.24. The maximum atomic E-state index is 13.4. The molecule has 0 heterocycles. The van der Waals surface area contributed by atoms with Crippen LogP contribution in [0, 0.1) is 13.8 Å². The molecule has 3 aromatic rings. The van der Waals surface area contributed by atoms with Crippen molar-refractivity contribution >= 4 is 57.8 Å². The van der Waals surface area contributed by atoms with Crippen molar-refractivity contribution < 1.29 is 9.59 Å². The van der Waals surface area contributed by atoms with Gasteiger partial charge in [0.25, 0.3) is 0 Å². The fourth-order valence-corrected chi connectivity index (χ4v) is 3.99. The van der Waals surface area contributed by atoms with Gasteiger partial charge < -0.3 is 5.32 Å². The molecular weight excluding hydrogens is 477 g/mol. The molecule has 0 saturated carbocycles. The third kappa shape index (κ3) is 5.50. The van der Waals surface area contributed by atoms with E-state index in [0.29, 0.717) is 11.1 Å². The zero-order valence-corrected chi connectivity index (χ0v) is 20.8. The van der Waals surface area contributed by atoms with Crippen LogP contribution in [0.1, 0.15) is 39.5 Å². The van der Waals surface area contributed by atoms with E-state index in [0.717, 1.165) is 27.9 Å². The van der Waals surface area contributed by atoms with Gasteiger partial charge >= 0.3 is 0 Å². The van der Waals surface area contributed by atoms with E-state index < -0.39 is 9.71 Å². The topological polar surface area (TPSA) is 46.2 Å². The number of benzene rings is 3. The number of para-hydroxylation sites is 1. The van der Waals surface area contributed by atoms with Crippen molar-refractivity contribution in [3.05, 3.63) is 107 Å². The normalized spacial score (nSPS) is 16.4. The summed E-state index contributed by atoms with van der Waals surface area (Å²) in [5.41, 5.74) is 4.79. The Morgan fingerprint density at radius 3 is 1.97 bits per heavy atom.